The molecule has 1 saturated carbocycles. The van der Waals surface area contributed by atoms with Crippen molar-refractivity contribution >= 4 is 28.3 Å². The molecule has 0 unspecified atom stereocenters. The maximum atomic E-state index is 3.66. The van der Waals surface area contributed by atoms with Crippen LogP contribution in [0.5, 0.6) is 0 Å². The highest BCUT2D eigenvalue weighted by Crippen LogP contribution is 2.27. The Kier molecular flexibility index (Phi) is 3.89. The number of hydrogen-bond donors (Lipinski definition) is 1. The molecule has 1 aliphatic carbocycles. The van der Waals surface area contributed by atoms with Gasteiger partial charge in [0.15, 0.2) is 0 Å². The van der Waals surface area contributed by atoms with Crippen molar-refractivity contribution in [3.8, 4) is 0 Å². The van der Waals surface area contributed by atoms with E-state index < -0.39 is 0 Å². The van der Waals surface area contributed by atoms with Gasteiger partial charge in [0.1, 0.15) is 0 Å². The average molecular weight is 315 g/mol. The maximum absolute atomic E-state index is 3.66. The minimum absolute atomic E-state index is 0.692. The number of nitrogens with one attached hydrogen (secondary N) is 1. The number of hydrogen-bond acceptors (Lipinski definition) is 1. The van der Waals surface area contributed by atoms with Crippen molar-refractivity contribution < 1.29 is 0 Å². The average Bonchev–Trinajstić information content (AvgIpc) is 2.25. The molecule has 1 aromatic carbocycles. The van der Waals surface area contributed by atoms with E-state index in [2.05, 4.69) is 59.1 Å². The van der Waals surface area contributed by atoms with Crippen molar-refractivity contribution in [2.24, 2.45) is 5.92 Å². The van der Waals surface area contributed by atoms with Crippen LogP contribution in [0.25, 0.3) is 0 Å². The molecule has 82 valence electrons. The van der Waals surface area contributed by atoms with Crippen LogP contribution in [0.4, 0.5) is 5.69 Å². The zero-order valence-corrected chi connectivity index (χ0v) is 11.3. The summed E-state index contributed by atoms with van der Waals surface area (Å²) in [7, 11) is 0. The summed E-state index contributed by atoms with van der Waals surface area (Å²) >= 11 is 2.40. The number of anilines is 1. The fraction of sp³-hybridized carbons (Fsp3) is 0.538. The van der Waals surface area contributed by atoms with Crippen molar-refractivity contribution in [2.75, 3.05) is 5.32 Å². The van der Waals surface area contributed by atoms with Crippen molar-refractivity contribution in [3.05, 3.63) is 27.8 Å². The van der Waals surface area contributed by atoms with Gasteiger partial charge in [0.2, 0.25) is 0 Å². The summed E-state index contributed by atoms with van der Waals surface area (Å²) in [6.07, 6.45) is 5.40. The monoisotopic (exact) mass is 315 g/mol. The highest BCUT2D eigenvalue weighted by Gasteiger charge is 2.18. The smallest absolute Gasteiger partial charge is 0.0478 e. The molecule has 0 atom stereocenters. The lowest BCUT2D eigenvalue weighted by Gasteiger charge is -2.28. The summed E-state index contributed by atoms with van der Waals surface area (Å²) in [6.45, 7) is 2.36. The van der Waals surface area contributed by atoms with Crippen LogP contribution in [-0.2, 0) is 0 Å². The molecule has 0 bridgehead atoms. The molecule has 2 rings (SSSR count). The van der Waals surface area contributed by atoms with Crippen molar-refractivity contribution in [3.63, 3.8) is 0 Å². The summed E-state index contributed by atoms with van der Waals surface area (Å²) in [6, 6.07) is 9.23. The van der Waals surface area contributed by atoms with Crippen LogP contribution in [0.3, 0.4) is 0 Å². The summed E-state index contributed by atoms with van der Waals surface area (Å²) in [5, 5.41) is 3.66. The standard InChI is InChI=1S/C13H18IN/c1-10-6-8-11(9-7-10)15-13-5-3-2-4-12(13)14/h2-5,10-11,15H,6-9H2,1H3. The SMILES string of the molecule is CC1CCC(Nc2ccccc2I)CC1. The Morgan fingerprint density at radius 3 is 2.47 bits per heavy atom. The van der Waals surface area contributed by atoms with Crippen LogP contribution in [-0.4, -0.2) is 6.04 Å². The van der Waals surface area contributed by atoms with E-state index in [1.807, 2.05) is 0 Å². The lowest BCUT2D eigenvalue weighted by Crippen LogP contribution is -2.25. The van der Waals surface area contributed by atoms with Crippen molar-refractivity contribution in [1.82, 2.24) is 0 Å². The van der Waals surface area contributed by atoms with E-state index in [0.29, 0.717) is 6.04 Å². The lowest BCUT2D eigenvalue weighted by atomic mass is 9.87. The second-order valence-electron chi connectivity index (χ2n) is 4.58. The number of para-hydroxylation sites is 1. The third-order valence-corrected chi connectivity index (χ3v) is 4.19. The van der Waals surface area contributed by atoms with Crippen molar-refractivity contribution in [1.29, 1.82) is 0 Å². The maximum Gasteiger partial charge on any atom is 0.0478 e. The van der Waals surface area contributed by atoms with Crippen molar-refractivity contribution in [2.45, 2.75) is 38.6 Å². The molecule has 0 radical (unpaired) electrons. The molecule has 1 nitrogen and oxygen atoms in total. The van der Waals surface area contributed by atoms with E-state index in [1.165, 1.54) is 34.9 Å². The van der Waals surface area contributed by atoms with Crippen LogP contribution < -0.4 is 5.32 Å². The fourth-order valence-electron chi connectivity index (χ4n) is 2.20. The first kappa shape index (κ1) is 11.2. The molecule has 0 amide bonds. The Balaban J connectivity index is 1.95. The van der Waals surface area contributed by atoms with Crippen LogP contribution in [0.2, 0.25) is 0 Å². The minimum Gasteiger partial charge on any atom is -0.381 e. The predicted molar refractivity (Wildman–Crippen MR) is 74.2 cm³/mol. The Hall–Kier alpha value is -0.250. The van der Waals surface area contributed by atoms with Gasteiger partial charge in [-0.15, -0.1) is 0 Å². The summed E-state index contributed by atoms with van der Waals surface area (Å²) in [5.41, 5.74) is 1.30. The molecule has 0 saturated heterocycles. The first-order valence-corrected chi connectivity index (χ1v) is 6.84. The van der Waals surface area contributed by atoms with Gasteiger partial charge in [-0.25, -0.2) is 0 Å². The van der Waals surface area contributed by atoms with Gasteiger partial charge in [0, 0.05) is 15.3 Å². The summed E-state index contributed by atoms with van der Waals surface area (Å²) in [4.78, 5) is 0. The van der Waals surface area contributed by atoms with E-state index in [0.717, 1.165) is 5.92 Å². The first-order chi connectivity index (χ1) is 7.25. The van der Waals surface area contributed by atoms with Gasteiger partial charge in [-0.3, -0.25) is 0 Å². The van der Waals surface area contributed by atoms with Gasteiger partial charge in [-0.05, 0) is 66.3 Å². The second kappa shape index (κ2) is 5.19. The van der Waals surface area contributed by atoms with Gasteiger partial charge in [0.25, 0.3) is 0 Å². The molecule has 1 aliphatic rings. The molecule has 1 aromatic rings. The third kappa shape index (κ3) is 3.10. The molecule has 1 N–H and O–H groups in total. The third-order valence-electron chi connectivity index (χ3n) is 3.25. The number of rotatable bonds is 2. The second-order valence-corrected chi connectivity index (χ2v) is 5.74. The predicted octanol–water partition coefficient (Wildman–Crippen LogP) is 4.28. The van der Waals surface area contributed by atoms with Crippen LogP contribution in [0.15, 0.2) is 24.3 Å². The van der Waals surface area contributed by atoms with E-state index in [-0.39, 0.29) is 0 Å². The Labute approximate surface area is 106 Å². The quantitative estimate of drug-likeness (QED) is 0.803. The van der Waals surface area contributed by atoms with E-state index >= 15 is 0 Å². The number of benzene rings is 1. The molecular formula is C13H18IN. The Morgan fingerprint density at radius 2 is 1.80 bits per heavy atom. The van der Waals surface area contributed by atoms with Crippen LogP contribution in [0.1, 0.15) is 32.6 Å². The van der Waals surface area contributed by atoms with Gasteiger partial charge in [-0.2, -0.15) is 0 Å². The van der Waals surface area contributed by atoms with Crippen LogP contribution >= 0.6 is 22.6 Å². The number of halogens is 1. The Morgan fingerprint density at radius 1 is 1.13 bits per heavy atom. The van der Waals surface area contributed by atoms with Gasteiger partial charge >= 0.3 is 0 Å². The topological polar surface area (TPSA) is 12.0 Å². The van der Waals surface area contributed by atoms with E-state index in [1.54, 1.807) is 0 Å². The molecule has 0 spiro atoms. The molecule has 2 heteroatoms. The summed E-state index contributed by atoms with van der Waals surface area (Å²) < 4.78 is 1.33. The molecule has 15 heavy (non-hydrogen) atoms. The lowest BCUT2D eigenvalue weighted by molar-refractivity contribution is 0.361. The minimum atomic E-state index is 0.692. The summed E-state index contributed by atoms with van der Waals surface area (Å²) in [5.74, 6) is 0.929. The molecule has 0 heterocycles. The first-order valence-electron chi connectivity index (χ1n) is 5.77. The molecule has 0 aromatic heterocycles. The van der Waals surface area contributed by atoms with Gasteiger partial charge in [-0.1, -0.05) is 19.1 Å². The zero-order chi connectivity index (χ0) is 10.7. The highest BCUT2D eigenvalue weighted by atomic mass is 127. The van der Waals surface area contributed by atoms with Gasteiger partial charge in [0.05, 0.1) is 0 Å². The largest absolute Gasteiger partial charge is 0.381 e. The highest BCUT2D eigenvalue weighted by molar-refractivity contribution is 14.1. The molecule has 0 aliphatic heterocycles. The molecule has 1 fully saturated rings. The fourth-order valence-corrected chi connectivity index (χ4v) is 2.75. The Bertz CT molecular complexity index is 316. The zero-order valence-electron chi connectivity index (χ0n) is 9.17. The van der Waals surface area contributed by atoms with Gasteiger partial charge < -0.3 is 5.32 Å². The van der Waals surface area contributed by atoms with Crippen LogP contribution in [0, 0.1) is 9.49 Å². The molecular weight excluding hydrogens is 297 g/mol. The normalized spacial score (nSPS) is 26.3. The van der Waals surface area contributed by atoms with E-state index in [4.69, 9.17) is 0 Å². The van der Waals surface area contributed by atoms with E-state index in [9.17, 15) is 0 Å².